The predicted octanol–water partition coefficient (Wildman–Crippen LogP) is 3.40. The second-order valence-corrected chi connectivity index (χ2v) is 5.40. The average molecular weight is 292 g/mol. The highest BCUT2D eigenvalue weighted by molar-refractivity contribution is 5.62. The van der Waals surface area contributed by atoms with E-state index in [1.54, 1.807) is 12.4 Å². The van der Waals surface area contributed by atoms with Crippen LogP contribution in [-0.2, 0) is 0 Å². The second kappa shape index (κ2) is 5.60. The van der Waals surface area contributed by atoms with Crippen molar-refractivity contribution in [2.45, 2.75) is 12.8 Å². The molecule has 0 unspecified atom stereocenters. The van der Waals surface area contributed by atoms with E-state index in [0.717, 1.165) is 24.2 Å². The Morgan fingerprint density at radius 1 is 0.864 bits per heavy atom. The Hall–Kier alpha value is -2.69. The summed E-state index contributed by atoms with van der Waals surface area (Å²) in [6.07, 6.45) is 5.99. The summed E-state index contributed by atoms with van der Waals surface area (Å²) in [6, 6.07) is 12.1. The van der Waals surface area contributed by atoms with E-state index in [2.05, 4.69) is 32.2 Å². The molecule has 4 rings (SSSR count). The fourth-order valence-corrected chi connectivity index (χ4v) is 2.75. The highest BCUT2D eigenvalue weighted by Gasteiger charge is 2.14. The molecule has 0 amide bonds. The summed E-state index contributed by atoms with van der Waals surface area (Å²) < 4.78 is 5.38. The Balaban J connectivity index is 1.58. The fourth-order valence-electron chi connectivity index (χ4n) is 2.75. The van der Waals surface area contributed by atoms with Gasteiger partial charge in [0.15, 0.2) is 0 Å². The monoisotopic (exact) mass is 292 g/mol. The third-order valence-electron chi connectivity index (χ3n) is 3.95. The summed E-state index contributed by atoms with van der Waals surface area (Å²) >= 11 is 0. The zero-order chi connectivity index (χ0) is 14.8. The highest BCUT2D eigenvalue weighted by atomic mass is 16.5. The zero-order valence-corrected chi connectivity index (χ0v) is 12.1. The Morgan fingerprint density at radius 3 is 2.32 bits per heavy atom. The van der Waals surface area contributed by atoms with Crippen LogP contribution in [0.2, 0.25) is 0 Å². The first kappa shape index (κ1) is 13.0. The van der Waals surface area contributed by atoms with Crippen LogP contribution in [0, 0.1) is 0 Å². The SMILES string of the molecule is c1cc(-c2noc(-c3ccc(N4CCCC4)cc3)n2)ccn1. The molecule has 5 nitrogen and oxygen atoms in total. The first-order chi connectivity index (χ1) is 10.9. The smallest absolute Gasteiger partial charge is 0.258 e. The van der Waals surface area contributed by atoms with E-state index in [-0.39, 0.29) is 0 Å². The molecule has 0 spiro atoms. The normalized spacial score (nSPS) is 14.5. The summed E-state index contributed by atoms with van der Waals surface area (Å²) in [5.74, 6) is 1.13. The van der Waals surface area contributed by atoms with Crippen LogP contribution in [0.3, 0.4) is 0 Å². The summed E-state index contributed by atoms with van der Waals surface area (Å²) in [5, 5.41) is 4.04. The van der Waals surface area contributed by atoms with Crippen LogP contribution in [0.4, 0.5) is 5.69 Å². The van der Waals surface area contributed by atoms with E-state index >= 15 is 0 Å². The number of anilines is 1. The van der Waals surface area contributed by atoms with Crippen molar-refractivity contribution in [1.82, 2.24) is 15.1 Å². The van der Waals surface area contributed by atoms with Gasteiger partial charge >= 0.3 is 0 Å². The molecule has 110 valence electrons. The van der Waals surface area contributed by atoms with Gasteiger partial charge in [0.05, 0.1) is 0 Å². The lowest BCUT2D eigenvalue weighted by molar-refractivity contribution is 0.432. The number of aromatic nitrogens is 3. The van der Waals surface area contributed by atoms with Crippen LogP contribution >= 0.6 is 0 Å². The molecule has 1 saturated heterocycles. The van der Waals surface area contributed by atoms with E-state index in [0.29, 0.717) is 11.7 Å². The van der Waals surface area contributed by atoms with Gasteiger partial charge in [-0.2, -0.15) is 4.98 Å². The first-order valence-corrected chi connectivity index (χ1v) is 7.50. The minimum Gasteiger partial charge on any atom is -0.372 e. The van der Waals surface area contributed by atoms with Gasteiger partial charge in [0, 0.05) is 42.3 Å². The van der Waals surface area contributed by atoms with Crippen LogP contribution in [0.1, 0.15) is 12.8 Å². The van der Waals surface area contributed by atoms with Crippen LogP contribution in [-0.4, -0.2) is 28.2 Å². The lowest BCUT2D eigenvalue weighted by Gasteiger charge is -2.17. The molecule has 0 aliphatic carbocycles. The number of nitrogens with zero attached hydrogens (tertiary/aromatic N) is 4. The quantitative estimate of drug-likeness (QED) is 0.740. The minimum atomic E-state index is 0.541. The average Bonchev–Trinajstić information content (AvgIpc) is 3.28. The predicted molar refractivity (Wildman–Crippen MR) is 84.4 cm³/mol. The topological polar surface area (TPSA) is 55.1 Å². The molecule has 1 fully saturated rings. The molecule has 1 aromatic carbocycles. The first-order valence-electron chi connectivity index (χ1n) is 7.50. The molecule has 5 heteroatoms. The lowest BCUT2D eigenvalue weighted by atomic mass is 10.2. The van der Waals surface area contributed by atoms with Crippen molar-refractivity contribution in [3.63, 3.8) is 0 Å². The summed E-state index contributed by atoms with van der Waals surface area (Å²) in [6.45, 7) is 2.29. The van der Waals surface area contributed by atoms with Gasteiger partial charge in [-0.25, -0.2) is 0 Å². The van der Waals surface area contributed by atoms with Crippen molar-refractivity contribution in [1.29, 1.82) is 0 Å². The van der Waals surface area contributed by atoms with Crippen LogP contribution in [0.5, 0.6) is 0 Å². The van der Waals surface area contributed by atoms with Crippen molar-refractivity contribution in [2.75, 3.05) is 18.0 Å². The minimum absolute atomic E-state index is 0.541. The van der Waals surface area contributed by atoms with E-state index in [9.17, 15) is 0 Å². The molecule has 22 heavy (non-hydrogen) atoms. The molecule has 0 bridgehead atoms. The largest absolute Gasteiger partial charge is 0.372 e. The van der Waals surface area contributed by atoms with Gasteiger partial charge in [0.1, 0.15) is 0 Å². The number of pyridine rings is 1. The molecule has 3 aromatic rings. The van der Waals surface area contributed by atoms with Gasteiger partial charge in [-0.15, -0.1) is 0 Å². The Kier molecular flexibility index (Phi) is 3.31. The van der Waals surface area contributed by atoms with E-state index in [1.807, 2.05) is 24.3 Å². The molecule has 0 N–H and O–H groups in total. The van der Waals surface area contributed by atoms with E-state index in [1.165, 1.54) is 18.5 Å². The summed E-state index contributed by atoms with van der Waals surface area (Å²) in [7, 11) is 0. The third kappa shape index (κ3) is 2.45. The molecule has 0 radical (unpaired) electrons. The van der Waals surface area contributed by atoms with Crippen molar-refractivity contribution < 1.29 is 4.52 Å². The van der Waals surface area contributed by atoms with Gasteiger partial charge < -0.3 is 9.42 Å². The maximum atomic E-state index is 5.38. The molecule has 1 aliphatic heterocycles. The van der Waals surface area contributed by atoms with Crippen molar-refractivity contribution in [2.24, 2.45) is 0 Å². The van der Waals surface area contributed by atoms with Gasteiger partial charge in [0.2, 0.25) is 5.82 Å². The molecule has 3 heterocycles. The van der Waals surface area contributed by atoms with Crippen LogP contribution in [0.25, 0.3) is 22.8 Å². The van der Waals surface area contributed by atoms with Crippen molar-refractivity contribution >= 4 is 5.69 Å². The molecule has 0 saturated carbocycles. The summed E-state index contributed by atoms with van der Waals surface area (Å²) in [4.78, 5) is 10.9. The summed E-state index contributed by atoms with van der Waals surface area (Å²) in [5.41, 5.74) is 3.10. The Bertz CT molecular complexity index is 746. The van der Waals surface area contributed by atoms with Crippen molar-refractivity contribution in [3.8, 4) is 22.8 Å². The lowest BCUT2D eigenvalue weighted by Crippen LogP contribution is -2.17. The molecule has 0 atom stereocenters. The number of hydrogen-bond acceptors (Lipinski definition) is 5. The maximum absolute atomic E-state index is 5.38. The van der Waals surface area contributed by atoms with Gasteiger partial charge in [-0.3, -0.25) is 4.98 Å². The third-order valence-corrected chi connectivity index (χ3v) is 3.95. The number of benzene rings is 1. The van der Waals surface area contributed by atoms with E-state index in [4.69, 9.17) is 4.52 Å². The van der Waals surface area contributed by atoms with Gasteiger partial charge in [-0.1, -0.05) is 5.16 Å². The second-order valence-electron chi connectivity index (χ2n) is 5.40. The fraction of sp³-hybridized carbons (Fsp3) is 0.235. The van der Waals surface area contributed by atoms with Gasteiger partial charge in [-0.05, 0) is 49.2 Å². The Labute approximate surface area is 128 Å². The highest BCUT2D eigenvalue weighted by Crippen LogP contribution is 2.26. The maximum Gasteiger partial charge on any atom is 0.258 e. The van der Waals surface area contributed by atoms with Crippen LogP contribution < -0.4 is 4.90 Å². The number of rotatable bonds is 3. The zero-order valence-electron chi connectivity index (χ0n) is 12.1. The van der Waals surface area contributed by atoms with E-state index < -0.39 is 0 Å². The van der Waals surface area contributed by atoms with Gasteiger partial charge in [0.25, 0.3) is 5.89 Å². The molecule has 2 aromatic heterocycles. The van der Waals surface area contributed by atoms with Crippen molar-refractivity contribution in [3.05, 3.63) is 48.8 Å². The Morgan fingerprint density at radius 2 is 1.59 bits per heavy atom. The number of hydrogen-bond donors (Lipinski definition) is 0. The standard InChI is InChI=1S/C17H16N4O/c1-2-12-21(11-1)15-5-3-14(4-6-15)17-19-16(20-22-17)13-7-9-18-10-8-13/h3-10H,1-2,11-12H2. The molecule has 1 aliphatic rings. The molecular weight excluding hydrogens is 276 g/mol. The van der Waals surface area contributed by atoms with Crippen LogP contribution in [0.15, 0.2) is 53.3 Å². The molecular formula is C17H16N4O.